The summed E-state index contributed by atoms with van der Waals surface area (Å²) >= 11 is 0. The lowest BCUT2D eigenvalue weighted by atomic mass is 10.1. The summed E-state index contributed by atoms with van der Waals surface area (Å²) in [5, 5.41) is 3.64. The van der Waals surface area contributed by atoms with Gasteiger partial charge in [0.15, 0.2) is 0 Å². The molecule has 92 valence electrons. The van der Waals surface area contributed by atoms with Crippen LogP contribution in [0.2, 0.25) is 0 Å². The summed E-state index contributed by atoms with van der Waals surface area (Å²) in [6.07, 6.45) is 11.1. The van der Waals surface area contributed by atoms with E-state index >= 15 is 0 Å². The topological polar surface area (TPSA) is 40.7 Å². The second kappa shape index (κ2) is 8.34. The van der Waals surface area contributed by atoms with Crippen molar-refractivity contribution in [2.24, 2.45) is 0 Å². The zero-order chi connectivity index (χ0) is 11.6. The molecular formula is C13H25N3. The van der Waals surface area contributed by atoms with Crippen LogP contribution in [0.4, 0.5) is 0 Å². The van der Waals surface area contributed by atoms with Gasteiger partial charge in [0.1, 0.15) is 5.82 Å². The highest BCUT2D eigenvalue weighted by Gasteiger charge is 2.04. The molecule has 0 aliphatic rings. The molecule has 0 spiro atoms. The Kier molecular flexibility index (Phi) is 6.90. The molecule has 0 fully saturated rings. The van der Waals surface area contributed by atoms with Gasteiger partial charge in [-0.25, -0.2) is 4.98 Å². The van der Waals surface area contributed by atoms with Gasteiger partial charge < -0.3 is 10.3 Å². The predicted molar refractivity (Wildman–Crippen MR) is 68.5 cm³/mol. The fourth-order valence-electron chi connectivity index (χ4n) is 2.04. The Morgan fingerprint density at radius 2 is 2.06 bits per heavy atom. The molecule has 0 aliphatic heterocycles. The van der Waals surface area contributed by atoms with E-state index < -0.39 is 0 Å². The van der Waals surface area contributed by atoms with Crippen molar-refractivity contribution in [3.05, 3.63) is 18.2 Å². The van der Waals surface area contributed by atoms with Crippen LogP contribution in [0.5, 0.6) is 0 Å². The maximum absolute atomic E-state index is 4.22. The highest BCUT2D eigenvalue weighted by atomic mass is 14.9. The van der Waals surface area contributed by atoms with E-state index in [0.29, 0.717) is 6.04 Å². The summed E-state index contributed by atoms with van der Waals surface area (Å²) in [6.45, 7) is 5.62. The number of aromatic amines is 1. The molecule has 0 aliphatic carbocycles. The molecule has 0 amide bonds. The molecule has 1 rings (SSSR count). The molecule has 1 aromatic rings. The van der Waals surface area contributed by atoms with Crippen molar-refractivity contribution in [2.45, 2.75) is 58.4 Å². The van der Waals surface area contributed by atoms with E-state index in [1.54, 1.807) is 0 Å². The smallest absolute Gasteiger partial charge is 0.106 e. The summed E-state index contributed by atoms with van der Waals surface area (Å²) in [6, 6.07) is 0.714. The first kappa shape index (κ1) is 13.2. The Balaban J connectivity index is 2.08. The van der Waals surface area contributed by atoms with Crippen LogP contribution >= 0.6 is 0 Å². The van der Waals surface area contributed by atoms with Crippen molar-refractivity contribution in [1.29, 1.82) is 0 Å². The maximum atomic E-state index is 4.22. The first-order chi connectivity index (χ1) is 7.86. The average Bonchev–Trinajstić information content (AvgIpc) is 2.78. The number of aryl methyl sites for hydroxylation is 1. The van der Waals surface area contributed by atoms with Crippen molar-refractivity contribution >= 4 is 0 Å². The zero-order valence-electron chi connectivity index (χ0n) is 10.6. The number of hydrogen-bond donors (Lipinski definition) is 2. The lowest BCUT2D eigenvalue weighted by Crippen LogP contribution is -2.29. The van der Waals surface area contributed by atoms with Gasteiger partial charge in [-0.15, -0.1) is 0 Å². The second-order valence-electron chi connectivity index (χ2n) is 4.37. The van der Waals surface area contributed by atoms with Gasteiger partial charge in [-0.05, 0) is 25.8 Å². The number of H-pyrrole nitrogens is 1. The molecule has 3 heteroatoms. The Morgan fingerprint density at radius 1 is 1.31 bits per heavy atom. The van der Waals surface area contributed by atoms with Crippen LogP contribution in [0, 0.1) is 0 Å². The first-order valence-corrected chi connectivity index (χ1v) is 6.58. The van der Waals surface area contributed by atoms with E-state index in [4.69, 9.17) is 0 Å². The van der Waals surface area contributed by atoms with Crippen molar-refractivity contribution in [3.63, 3.8) is 0 Å². The fourth-order valence-corrected chi connectivity index (χ4v) is 2.04. The van der Waals surface area contributed by atoms with E-state index in [-0.39, 0.29) is 0 Å². The molecule has 0 aromatic carbocycles. The van der Waals surface area contributed by atoms with E-state index in [9.17, 15) is 0 Å². The predicted octanol–water partition coefficient (Wildman–Crippen LogP) is 2.90. The molecule has 1 heterocycles. The Hall–Kier alpha value is -0.830. The number of nitrogens with one attached hydrogen (secondary N) is 2. The quantitative estimate of drug-likeness (QED) is 0.632. The van der Waals surface area contributed by atoms with Crippen molar-refractivity contribution in [3.8, 4) is 0 Å². The number of imidazole rings is 1. The van der Waals surface area contributed by atoms with Crippen LogP contribution in [0.15, 0.2) is 12.4 Å². The highest BCUT2D eigenvalue weighted by Crippen LogP contribution is 2.04. The minimum Gasteiger partial charge on any atom is -0.349 e. The third-order valence-corrected chi connectivity index (χ3v) is 2.85. The van der Waals surface area contributed by atoms with Gasteiger partial charge in [0.2, 0.25) is 0 Å². The average molecular weight is 223 g/mol. The molecule has 0 saturated heterocycles. The van der Waals surface area contributed by atoms with Crippen molar-refractivity contribution < 1.29 is 0 Å². The summed E-state index contributed by atoms with van der Waals surface area (Å²) < 4.78 is 0. The zero-order valence-corrected chi connectivity index (χ0v) is 10.6. The van der Waals surface area contributed by atoms with Crippen molar-refractivity contribution in [1.82, 2.24) is 15.3 Å². The summed E-state index contributed by atoms with van der Waals surface area (Å²) in [4.78, 5) is 7.36. The molecule has 1 aromatic heterocycles. The van der Waals surface area contributed by atoms with Crippen molar-refractivity contribution in [2.75, 3.05) is 6.54 Å². The SMILES string of the molecule is CCCC(CCC)NCCCc1ncc[nH]1. The van der Waals surface area contributed by atoms with Crippen LogP contribution in [-0.4, -0.2) is 22.6 Å². The largest absolute Gasteiger partial charge is 0.349 e. The second-order valence-corrected chi connectivity index (χ2v) is 4.37. The van der Waals surface area contributed by atoms with Gasteiger partial charge in [0.05, 0.1) is 0 Å². The molecule has 0 saturated carbocycles. The fraction of sp³-hybridized carbons (Fsp3) is 0.769. The molecular weight excluding hydrogens is 198 g/mol. The molecule has 0 radical (unpaired) electrons. The van der Waals surface area contributed by atoms with Crippen LogP contribution in [0.3, 0.4) is 0 Å². The third kappa shape index (κ3) is 5.31. The Morgan fingerprint density at radius 3 is 2.62 bits per heavy atom. The number of nitrogens with zero attached hydrogens (tertiary/aromatic N) is 1. The van der Waals surface area contributed by atoms with Gasteiger partial charge in [-0.3, -0.25) is 0 Å². The molecule has 2 N–H and O–H groups in total. The third-order valence-electron chi connectivity index (χ3n) is 2.85. The van der Waals surface area contributed by atoms with Crippen LogP contribution in [0.25, 0.3) is 0 Å². The molecule has 0 bridgehead atoms. The summed E-state index contributed by atoms with van der Waals surface area (Å²) in [5.74, 6) is 1.10. The number of rotatable bonds is 9. The summed E-state index contributed by atoms with van der Waals surface area (Å²) in [7, 11) is 0. The maximum Gasteiger partial charge on any atom is 0.106 e. The van der Waals surface area contributed by atoms with Gasteiger partial charge >= 0.3 is 0 Å². The standard InChI is InChI=1S/C13H25N3/c1-3-6-12(7-4-2)14-9-5-8-13-15-10-11-16-13/h10-12,14H,3-9H2,1-2H3,(H,15,16). The van der Waals surface area contributed by atoms with E-state index in [1.165, 1.54) is 25.7 Å². The van der Waals surface area contributed by atoms with E-state index in [0.717, 1.165) is 25.2 Å². The number of hydrogen-bond acceptors (Lipinski definition) is 2. The van der Waals surface area contributed by atoms with E-state index in [2.05, 4.69) is 29.1 Å². The minimum atomic E-state index is 0.714. The van der Waals surface area contributed by atoms with Crippen LogP contribution < -0.4 is 5.32 Å². The van der Waals surface area contributed by atoms with Crippen LogP contribution in [0.1, 0.15) is 51.8 Å². The lowest BCUT2D eigenvalue weighted by molar-refractivity contribution is 0.440. The number of aromatic nitrogens is 2. The molecule has 0 atom stereocenters. The Labute approximate surface area is 99.1 Å². The normalized spacial score (nSPS) is 11.2. The molecule has 3 nitrogen and oxygen atoms in total. The van der Waals surface area contributed by atoms with Gasteiger partial charge in [0, 0.05) is 24.9 Å². The molecule has 16 heavy (non-hydrogen) atoms. The van der Waals surface area contributed by atoms with E-state index in [1.807, 2.05) is 12.4 Å². The van der Waals surface area contributed by atoms with Gasteiger partial charge in [0.25, 0.3) is 0 Å². The lowest BCUT2D eigenvalue weighted by Gasteiger charge is -2.16. The monoisotopic (exact) mass is 223 g/mol. The first-order valence-electron chi connectivity index (χ1n) is 6.58. The van der Waals surface area contributed by atoms with Gasteiger partial charge in [-0.1, -0.05) is 26.7 Å². The van der Waals surface area contributed by atoms with Gasteiger partial charge in [-0.2, -0.15) is 0 Å². The summed E-state index contributed by atoms with van der Waals surface area (Å²) in [5.41, 5.74) is 0. The molecule has 0 unspecified atom stereocenters. The van der Waals surface area contributed by atoms with Crippen LogP contribution in [-0.2, 0) is 6.42 Å². The Bertz CT molecular complexity index is 238. The minimum absolute atomic E-state index is 0.714. The highest BCUT2D eigenvalue weighted by molar-refractivity contribution is 4.86.